The molecule has 0 aliphatic carbocycles. The Balaban J connectivity index is 2.05. The van der Waals surface area contributed by atoms with Crippen molar-refractivity contribution in [2.45, 2.75) is 0 Å². The average molecular weight is 325 g/mol. The quantitative estimate of drug-likeness (QED) is 0.221. The maximum atomic E-state index is 11.9. The van der Waals surface area contributed by atoms with E-state index >= 15 is 0 Å². The summed E-state index contributed by atoms with van der Waals surface area (Å²) in [4.78, 5) is 11.9. The number of rotatable bonds is 5. The van der Waals surface area contributed by atoms with E-state index in [1.54, 1.807) is 30.3 Å². The van der Waals surface area contributed by atoms with Gasteiger partial charge >= 0.3 is 5.97 Å². The van der Waals surface area contributed by atoms with Crippen LogP contribution in [0.15, 0.2) is 65.8 Å². The Bertz CT molecular complexity index is 743. The predicted molar refractivity (Wildman–Crippen MR) is 95.1 cm³/mol. The number of para-hydroxylation sites is 1. The highest BCUT2D eigenvalue weighted by atomic mass is 32.1. The zero-order chi connectivity index (χ0) is 16.5. The van der Waals surface area contributed by atoms with Crippen LogP contribution in [-0.2, 0) is 4.79 Å². The second-order valence-corrected chi connectivity index (χ2v) is 4.88. The fourth-order valence-electron chi connectivity index (χ4n) is 1.72. The number of benzene rings is 2. The number of carbonyl (C=O) groups is 1. The number of carbonyl (C=O) groups excluding carboxylic acids is 1. The molecule has 0 unspecified atom stereocenters. The molecule has 23 heavy (non-hydrogen) atoms. The van der Waals surface area contributed by atoms with Crippen LogP contribution in [0.4, 0.5) is 0 Å². The highest BCUT2D eigenvalue weighted by molar-refractivity contribution is 7.80. The van der Waals surface area contributed by atoms with Crippen molar-refractivity contribution >= 4 is 35.6 Å². The van der Waals surface area contributed by atoms with E-state index < -0.39 is 5.97 Å². The van der Waals surface area contributed by atoms with Crippen molar-refractivity contribution in [2.24, 2.45) is 10.8 Å². The minimum absolute atomic E-state index is 0.0570. The third kappa shape index (κ3) is 5.72. The maximum Gasteiger partial charge on any atom is 0.336 e. The van der Waals surface area contributed by atoms with Gasteiger partial charge < -0.3 is 10.5 Å². The molecule has 0 aromatic heterocycles. The number of nitrogens with one attached hydrogen (secondary N) is 1. The highest BCUT2D eigenvalue weighted by Crippen LogP contribution is 2.16. The van der Waals surface area contributed by atoms with Gasteiger partial charge in [0, 0.05) is 11.6 Å². The second kappa shape index (κ2) is 8.45. The van der Waals surface area contributed by atoms with Gasteiger partial charge in [0.2, 0.25) is 0 Å². The number of thiocarbonyl (C=S) groups is 1. The normalized spacial score (nSPS) is 10.8. The number of esters is 1. The third-order valence-corrected chi connectivity index (χ3v) is 2.81. The van der Waals surface area contributed by atoms with Gasteiger partial charge in [0.25, 0.3) is 0 Å². The zero-order valence-electron chi connectivity index (χ0n) is 12.2. The lowest BCUT2D eigenvalue weighted by Gasteiger charge is -2.05. The molecular formula is C17H15N3O2S. The van der Waals surface area contributed by atoms with Gasteiger partial charge in [-0.2, -0.15) is 5.10 Å². The van der Waals surface area contributed by atoms with Crippen LogP contribution in [-0.4, -0.2) is 17.3 Å². The van der Waals surface area contributed by atoms with E-state index in [9.17, 15) is 4.79 Å². The average Bonchev–Trinajstić information content (AvgIpc) is 2.55. The first-order valence-electron chi connectivity index (χ1n) is 6.77. The van der Waals surface area contributed by atoms with Gasteiger partial charge in [-0.05, 0) is 36.0 Å². The molecule has 5 nitrogen and oxygen atoms in total. The summed E-state index contributed by atoms with van der Waals surface area (Å²) in [5, 5.41) is 3.91. The largest absolute Gasteiger partial charge is 0.423 e. The molecule has 0 spiro atoms. The summed E-state index contributed by atoms with van der Waals surface area (Å²) in [7, 11) is 0. The van der Waals surface area contributed by atoms with Crippen LogP contribution < -0.4 is 15.9 Å². The molecule has 116 valence electrons. The summed E-state index contributed by atoms with van der Waals surface area (Å²) in [5.74, 6) is -0.0827. The summed E-state index contributed by atoms with van der Waals surface area (Å²) < 4.78 is 5.32. The smallest absolute Gasteiger partial charge is 0.336 e. The summed E-state index contributed by atoms with van der Waals surface area (Å²) >= 11 is 4.65. The van der Waals surface area contributed by atoms with Crippen LogP contribution in [0.1, 0.15) is 11.1 Å². The number of hydrazone groups is 1. The van der Waals surface area contributed by atoms with Crippen molar-refractivity contribution in [1.82, 2.24) is 5.43 Å². The zero-order valence-corrected chi connectivity index (χ0v) is 13.0. The Morgan fingerprint density at radius 3 is 2.57 bits per heavy atom. The molecule has 0 aliphatic rings. The van der Waals surface area contributed by atoms with Gasteiger partial charge in [0.15, 0.2) is 5.11 Å². The second-order valence-electron chi connectivity index (χ2n) is 4.44. The van der Waals surface area contributed by atoms with Crippen molar-refractivity contribution < 1.29 is 9.53 Å². The molecule has 2 aromatic rings. The van der Waals surface area contributed by atoms with E-state index in [0.29, 0.717) is 11.3 Å². The lowest BCUT2D eigenvalue weighted by molar-refractivity contribution is -0.128. The fraction of sp³-hybridized carbons (Fsp3) is 0. The number of nitrogens with two attached hydrogens (primary N) is 1. The predicted octanol–water partition coefficient (Wildman–Crippen LogP) is 2.47. The topological polar surface area (TPSA) is 76.7 Å². The van der Waals surface area contributed by atoms with Gasteiger partial charge in [-0.1, -0.05) is 42.5 Å². The maximum absolute atomic E-state index is 11.9. The minimum atomic E-state index is -0.475. The van der Waals surface area contributed by atoms with Gasteiger partial charge in [0.05, 0.1) is 6.21 Å². The lowest BCUT2D eigenvalue weighted by atomic mass is 10.2. The standard InChI is InChI=1S/C17H15N3O2S/c18-17(23)20-19-12-14-8-4-5-9-15(14)22-16(21)11-10-13-6-2-1-3-7-13/h1-12H,(H3,18,20,23)/b11-10+,19-12+. The van der Waals surface area contributed by atoms with Gasteiger partial charge in [0.1, 0.15) is 5.75 Å². The van der Waals surface area contributed by atoms with Crippen molar-refractivity contribution in [3.05, 3.63) is 71.8 Å². The monoisotopic (exact) mass is 325 g/mol. The molecule has 0 bridgehead atoms. The van der Waals surface area contributed by atoms with Crippen LogP contribution in [0.25, 0.3) is 6.08 Å². The number of hydrogen-bond acceptors (Lipinski definition) is 4. The molecule has 0 aliphatic heterocycles. The number of hydrogen-bond donors (Lipinski definition) is 2. The Morgan fingerprint density at radius 2 is 1.83 bits per heavy atom. The molecule has 2 aromatic carbocycles. The van der Waals surface area contributed by atoms with Crippen LogP contribution >= 0.6 is 12.2 Å². The van der Waals surface area contributed by atoms with E-state index in [-0.39, 0.29) is 5.11 Å². The van der Waals surface area contributed by atoms with Crippen molar-refractivity contribution in [1.29, 1.82) is 0 Å². The van der Waals surface area contributed by atoms with Crippen LogP contribution in [0.3, 0.4) is 0 Å². The fourth-order valence-corrected chi connectivity index (χ4v) is 1.77. The van der Waals surface area contributed by atoms with Crippen molar-refractivity contribution in [2.75, 3.05) is 0 Å². The summed E-state index contributed by atoms with van der Waals surface area (Å²) in [6, 6.07) is 16.5. The number of ether oxygens (including phenoxy) is 1. The summed E-state index contributed by atoms with van der Waals surface area (Å²) in [6.45, 7) is 0. The van der Waals surface area contributed by atoms with Crippen molar-refractivity contribution in [3.8, 4) is 5.75 Å². The van der Waals surface area contributed by atoms with Crippen LogP contribution in [0, 0.1) is 0 Å². The van der Waals surface area contributed by atoms with Crippen LogP contribution in [0.5, 0.6) is 5.75 Å². The molecule has 0 saturated heterocycles. The number of nitrogens with zero attached hydrogens (tertiary/aromatic N) is 1. The Hall–Kier alpha value is -2.99. The van der Waals surface area contributed by atoms with Gasteiger partial charge in [-0.3, -0.25) is 5.43 Å². The van der Waals surface area contributed by atoms with E-state index in [1.807, 2.05) is 30.3 Å². The lowest BCUT2D eigenvalue weighted by Crippen LogP contribution is -2.24. The van der Waals surface area contributed by atoms with E-state index in [4.69, 9.17) is 10.5 Å². The molecule has 3 N–H and O–H groups in total. The molecule has 0 atom stereocenters. The van der Waals surface area contributed by atoms with E-state index in [2.05, 4.69) is 22.7 Å². The third-order valence-electron chi connectivity index (χ3n) is 2.72. The summed E-state index contributed by atoms with van der Waals surface area (Å²) in [5.41, 5.74) is 9.27. The highest BCUT2D eigenvalue weighted by Gasteiger charge is 2.05. The Kier molecular flexibility index (Phi) is 6.02. The van der Waals surface area contributed by atoms with Crippen LogP contribution in [0.2, 0.25) is 0 Å². The van der Waals surface area contributed by atoms with E-state index in [1.165, 1.54) is 12.3 Å². The van der Waals surface area contributed by atoms with E-state index in [0.717, 1.165) is 5.56 Å². The molecule has 0 fully saturated rings. The first kappa shape index (κ1) is 16.4. The molecule has 0 amide bonds. The Labute approximate surface area is 139 Å². The molecule has 0 heterocycles. The molecule has 6 heteroatoms. The molecule has 0 radical (unpaired) electrons. The minimum Gasteiger partial charge on any atom is -0.423 e. The first-order chi connectivity index (χ1) is 11.1. The SMILES string of the molecule is NC(=S)N/N=C/c1ccccc1OC(=O)/C=C/c1ccccc1. The van der Waals surface area contributed by atoms with Gasteiger partial charge in [-0.15, -0.1) is 0 Å². The molecule has 2 rings (SSSR count). The summed E-state index contributed by atoms with van der Waals surface area (Å²) in [6.07, 6.45) is 4.53. The van der Waals surface area contributed by atoms with Gasteiger partial charge in [-0.25, -0.2) is 4.79 Å². The first-order valence-corrected chi connectivity index (χ1v) is 7.18. The molecular weight excluding hydrogens is 310 g/mol. The Morgan fingerprint density at radius 1 is 1.13 bits per heavy atom. The molecule has 0 saturated carbocycles. The van der Waals surface area contributed by atoms with Crippen molar-refractivity contribution in [3.63, 3.8) is 0 Å².